The van der Waals surface area contributed by atoms with Crippen molar-refractivity contribution in [1.29, 1.82) is 0 Å². The van der Waals surface area contributed by atoms with E-state index >= 15 is 0 Å². The second kappa shape index (κ2) is 8.31. The molecule has 0 bridgehead atoms. The molecule has 0 fully saturated rings. The van der Waals surface area contributed by atoms with E-state index in [4.69, 9.17) is 16.3 Å². The number of hydrogen-bond donors (Lipinski definition) is 1. The van der Waals surface area contributed by atoms with Gasteiger partial charge in [-0.25, -0.2) is 17.5 Å². The number of hydrogen-bond acceptors (Lipinski definition) is 5. The maximum absolute atomic E-state index is 12.0. The summed E-state index contributed by atoms with van der Waals surface area (Å²) in [5, 5.41) is 2.90. The van der Waals surface area contributed by atoms with Gasteiger partial charge in [0.15, 0.2) is 6.61 Å². The molecule has 2 aromatic carbocycles. The molecule has 138 valence electrons. The standard InChI is InChI=1S/C17H17ClN2O5S/c1-20(2)26(23,24)15-8-6-14(7-9-15)19-16(21)11-25-17(22)12-4-3-5-13(18)10-12/h3-10H,11H2,1-2H3,(H,19,21). The number of carbonyl (C=O) groups excluding carboxylic acids is 2. The summed E-state index contributed by atoms with van der Waals surface area (Å²) in [6.45, 7) is -0.483. The predicted molar refractivity (Wildman–Crippen MR) is 97.7 cm³/mol. The molecule has 0 saturated heterocycles. The first kappa shape index (κ1) is 19.9. The average molecular weight is 397 g/mol. The average Bonchev–Trinajstić information content (AvgIpc) is 2.60. The Bertz CT molecular complexity index is 911. The Labute approximate surface area is 156 Å². The van der Waals surface area contributed by atoms with Crippen molar-refractivity contribution < 1.29 is 22.7 Å². The lowest BCUT2D eigenvalue weighted by Gasteiger charge is -2.12. The number of amides is 1. The van der Waals surface area contributed by atoms with E-state index in [1.54, 1.807) is 12.1 Å². The zero-order chi connectivity index (χ0) is 19.3. The zero-order valence-electron chi connectivity index (χ0n) is 14.1. The molecule has 0 heterocycles. The van der Waals surface area contributed by atoms with E-state index in [2.05, 4.69) is 5.32 Å². The minimum absolute atomic E-state index is 0.105. The smallest absolute Gasteiger partial charge is 0.338 e. The monoisotopic (exact) mass is 396 g/mol. The fraction of sp³-hybridized carbons (Fsp3) is 0.176. The van der Waals surface area contributed by atoms with Gasteiger partial charge in [0.1, 0.15) is 0 Å². The number of nitrogens with one attached hydrogen (secondary N) is 1. The Balaban J connectivity index is 1.93. The van der Waals surface area contributed by atoms with Crippen LogP contribution in [0.15, 0.2) is 53.4 Å². The lowest BCUT2D eigenvalue weighted by molar-refractivity contribution is -0.119. The van der Waals surface area contributed by atoms with Gasteiger partial charge in [0.25, 0.3) is 5.91 Å². The number of sulfonamides is 1. The van der Waals surface area contributed by atoms with Gasteiger partial charge in [-0.1, -0.05) is 17.7 Å². The van der Waals surface area contributed by atoms with Crippen LogP contribution in [0.1, 0.15) is 10.4 Å². The Hall–Kier alpha value is -2.42. The Kier molecular flexibility index (Phi) is 6.36. The van der Waals surface area contributed by atoms with E-state index in [1.807, 2.05) is 0 Å². The Morgan fingerprint density at radius 1 is 1.12 bits per heavy atom. The van der Waals surface area contributed by atoms with Crippen LogP contribution in [0.5, 0.6) is 0 Å². The summed E-state index contributed by atoms with van der Waals surface area (Å²) >= 11 is 5.79. The van der Waals surface area contributed by atoms with E-state index in [-0.39, 0.29) is 10.5 Å². The molecule has 26 heavy (non-hydrogen) atoms. The van der Waals surface area contributed by atoms with Gasteiger partial charge in [-0.3, -0.25) is 4.79 Å². The molecule has 2 aromatic rings. The molecule has 0 saturated carbocycles. The molecular formula is C17H17ClN2O5S. The summed E-state index contributed by atoms with van der Waals surface area (Å²) in [7, 11) is -0.678. The first-order valence-electron chi connectivity index (χ1n) is 7.45. The third kappa shape index (κ3) is 5.04. The maximum Gasteiger partial charge on any atom is 0.338 e. The molecule has 0 atom stereocenters. The number of rotatable bonds is 6. The fourth-order valence-electron chi connectivity index (χ4n) is 1.95. The van der Waals surface area contributed by atoms with E-state index < -0.39 is 28.5 Å². The molecule has 0 aliphatic carbocycles. The molecule has 0 aromatic heterocycles. The van der Waals surface area contributed by atoms with Crippen molar-refractivity contribution in [3.05, 3.63) is 59.1 Å². The molecule has 1 N–H and O–H groups in total. The summed E-state index contributed by atoms with van der Waals surface area (Å²) in [6.07, 6.45) is 0. The number of anilines is 1. The fourth-order valence-corrected chi connectivity index (χ4v) is 3.04. The van der Waals surface area contributed by atoms with Crippen molar-refractivity contribution in [2.24, 2.45) is 0 Å². The molecule has 9 heteroatoms. The minimum atomic E-state index is -3.54. The molecule has 0 radical (unpaired) electrons. The molecule has 7 nitrogen and oxygen atoms in total. The van der Waals surface area contributed by atoms with E-state index in [9.17, 15) is 18.0 Å². The number of halogens is 1. The van der Waals surface area contributed by atoms with Crippen molar-refractivity contribution in [2.75, 3.05) is 26.0 Å². The van der Waals surface area contributed by atoms with Crippen LogP contribution in [-0.4, -0.2) is 45.3 Å². The van der Waals surface area contributed by atoms with Crippen LogP contribution in [0.4, 0.5) is 5.69 Å². The number of ether oxygens (including phenoxy) is 1. The van der Waals surface area contributed by atoms with Crippen molar-refractivity contribution in [2.45, 2.75) is 4.90 Å². The van der Waals surface area contributed by atoms with Gasteiger partial charge in [-0.15, -0.1) is 0 Å². The van der Waals surface area contributed by atoms with E-state index in [0.29, 0.717) is 10.7 Å². The predicted octanol–water partition coefficient (Wildman–Crippen LogP) is 2.39. The van der Waals surface area contributed by atoms with E-state index in [1.165, 1.54) is 50.5 Å². The third-order valence-corrected chi connectivity index (χ3v) is 5.38. The van der Waals surface area contributed by atoms with E-state index in [0.717, 1.165) is 4.31 Å². The normalized spacial score (nSPS) is 11.2. The summed E-state index contributed by atoms with van der Waals surface area (Å²) in [4.78, 5) is 23.8. The molecular weight excluding hydrogens is 380 g/mol. The van der Waals surface area contributed by atoms with Gasteiger partial charge in [0.05, 0.1) is 10.5 Å². The number of nitrogens with zero attached hydrogens (tertiary/aromatic N) is 1. The van der Waals surface area contributed by atoms with Crippen molar-refractivity contribution in [3.8, 4) is 0 Å². The van der Waals surface area contributed by atoms with Crippen molar-refractivity contribution in [3.63, 3.8) is 0 Å². The van der Waals surface area contributed by atoms with Gasteiger partial charge >= 0.3 is 5.97 Å². The molecule has 0 aliphatic heterocycles. The molecule has 0 unspecified atom stereocenters. The summed E-state index contributed by atoms with van der Waals surface area (Å²) < 4.78 is 30.0. The summed E-state index contributed by atoms with van der Waals surface area (Å²) in [5.74, 6) is -1.22. The SMILES string of the molecule is CN(C)S(=O)(=O)c1ccc(NC(=O)COC(=O)c2cccc(Cl)c2)cc1. The second-order valence-electron chi connectivity index (χ2n) is 5.45. The first-order chi connectivity index (χ1) is 12.2. The van der Waals surface area contributed by atoms with Crippen LogP contribution in [0, 0.1) is 0 Å². The van der Waals surface area contributed by atoms with Crippen LogP contribution < -0.4 is 5.32 Å². The molecule has 2 rings (SSSR count). The topological polar surface area (TPSA) is 92.8 Å². The summed E-state index contributed by atoms with van der Waals surface area (Å²) in [6, 6.07) is 11.8. The van der Waals surface area contributed by atoms with Gasteiger partial charge in [0, 0.05) is 24.8 Å². The molecule has 0 spiro atoms. The quantitative estimate of drug-likeness (QED) is 0.757. The van der Waals surface area contributed by atoms with Gasteiger partial charge in [-0.05, 0) is 42.5 Å². The van der Waals surface area contributed by atoms with Crippen molar-refractivity contribution in [1.82, 2.24) is 4.31 Å². The highest BCUT2D eigenvalue weighted by molar-refractivity contribution is 7.89. The van der Waals surface area contributed by atoms with Gasteiger partial charge in [0.2, 0.25) is 10.0 Å². The highest BCUT2D eigenvalue weighted by Gasteiger charge is 2.17. The minimum Gasteiger partial charge on any atom is -0.452 e. The maximum atomic E-state index is 12.0. The molecule has 1 amide bonds. The molecule has 0 aliphatic rings. The number of benzene rings is 2. The summed E-state index contributed by atoms with van der Waals surface area (Å²) in [5.41, 5.74) is 0.620. The van der Waals surface area contributed by atoms with Crippen LogP contribution >= 0.6 is 11.6 Å². The van der Waals surface area contributed by atoms with Crippen LogP contribution in [-0.2, 0) is 19.6 Å². The highest BCUT2D eigenvalue weighted by atomic mass is 35.5. The lowest BCUT2D eigenvalue weighted by Crippen LogP contribution is -2.22. The third-order valence-electron chi connectivity index (χ3n) is 3.31. The zero-order valence-corrected chi connectivity index (χ0v) is 15.7. The van der Waals surface area contributed by atoms with Crippen molar-refractivity contribution >= 4 is 39.2 Å². The van der Waals surface area contributed by atoms with Crippen LogP contribution in [0.3, 0.4) is 0 Å². The first-order valence-corrected chi connectivity index (χ1v) is 9.27. The van der Waals surface area contributed by atoms with Gasteiger partial charge in [-0.2, -0.15) is 0 Å². The largest absolute Gasteiger partial charge is 0.452 e. The van der Waals surface area contributed by atoms with Crippen LogP contribution in [0.2, 0.25) is 5.02 Å². The Morgan fingerprint density at radius 2 is 1.77 bits per heavy atom. The van der Waals surface area contributed by atoms with Crippen LogP contribution in [0.25, 0.3) is 0 Å². The lowest BCUT2D eigenvalue weighted by atomic mass is 10.2. The second-order valence-corrected chi connectivity index (χ2v) is 8.03. The number of carbonyl (C=O) groups is 2. The van der Waals surface area contributed by atoms with Gasteiger partial charge < -0.3 is 10.1 Å². The number of esters is 1. The highest BCUT2D eigenvalue weighted by Crippen LogP contribution is 2.16. The Morgan fingerprint density at radius 3 is 2.35 bits per heavy atom.